The van der Waals surface area contributed by atoms with Crippen molar-refractivity contribution in [1.82, 2.24) is 0 Å². The normalized spacial score (nSPS) is 33.7. The fourth-order valence-corrected chi connectivity index (χ4v) is 0.944. The molecule has 0 bridgehead atoms. The van der Waals surface area contributed by atoms with E-state index in [1.54, 1.807) is 6.92 Å². The van der Waals surface area contributed by atoms with Gasteiger partial charge in [0, 0.05) is 12.3 Å². The lowest BCUT2D eigenvalue weighted by Gasteiger charge is -2.27. The minimum atomic E-state index is -0.845. The lowest BCUT2D eigenvalue weighted by atomic mass is 9.74. The molecule has 0 radical (unpaired) electrons. The van der Waals surface area contributed by atoms with Crippen LogP contribution in [0, 0.1) is 11.8 Å². The molecule has 9 heavy (non-hydrogen) atoms. The molecule has 1 saturated carbocycles. The van der Waals surface area contributed by atoms with Gasteiger partial charge in [-0.05, 0) is 0 Å². The zero-order chi connectivity index (χ0) is 7.02. The quantitative estimate of drug-likeness (QED) is 0.552. The van der Waals surface area contributed by atoms with Gasteiger partial charge in [0.05, 0.1) is 5.92 Å². The predicted octanol–water partition coefficient (Wildman–Crippen LogP) is 0.296. The van der Waals surface area contributed by atoms with E-state index in [0.717, 1.165) is 0 Å². The van der Waals surface area contributed by atoms with E-state index in [-0.39, 0.29) is 18.1 Å². The summed E-state index contributed by atoms with van der Waals surface area (Å²) >= 11 is 0. The molecule has 0 heterocycles. The lowest BCUT2D eigenvalue weighted by Crippen LogP contribution is -2.39. The van der Waals surface area contributed by atoms with Gasteiger partial charge in [0.2, 0.25) is 0 Å². The zero-order valence-corrected chi connectivity index (χ0v) is 5.13. The number of carboxylic acids is 1. The summed E-state index contributed by atoms with van der Waals surface area (Å²) in [5.41, 5.74) is 0. The maximum absolute atomic E-state index is 10.5. The molecule has 1 aliphatic rings. The molecule has 1 fully saturated rings. The van der Waals surface area contributed by atoms with E-state index in [1.165, 1.54) is 0 Å². The standard InChI is InChI=1S/C6H8O3/c1-3-4(6(8)9)2-5(3)7/h3-4H,2H2,1H3,(H,8,9). The van der Waals surface area contributed by atoms with Crippen LogP contribution in [-0.4, -0.2) is 16.9 Å². The first kappa shape index (κ1) is 6.26. The lowest BCUT2D eigenvalue weighted by molar-refractivity contribution is -0.154. The largest absolute Gasteiger partial charge is 0.481 e. The van der Waals surface area contributed by atoms with Crippen LogP contribution in [-0.2, 0) is 9.59 Å². The SMILES string of the molecule is CC1C(=O)CC1C(=O)O. The van der Waals surface area contributed by atoms with Gasteiger partial charge in [-0.3, -0.25) is 9.59 Å². The summed E-state index contributed by atoms with van der Waals surface area (Å²) in [6.07, 6.45) is 0.233. The second-order valence-corrected chi connectivity index (χ2v) is 2.40. The van der Waals surface area contributed by atoms with Gasteiger partial charge in [0.15, 0.2) is 0 Å². The second kappa shape index (κ2) is 1.83. The van der Waals surface area contributed by atoms with Crippen LogP contribution < -0.4 is 0 Å². The minimum absolute atomic E-state index is 0.0717. The highest BCUT2D eigenvalue weighted by atomic mass is 16.4. The van der Waals surface area contributed by atoms with Gasteiger partial charge in [-0.15, -0.1) is 0 Å². The molecule has 1 rings (SSSR count). The van der Waals surface area contributed by atoms with Crippen LogP contribution in [0.25, 0.3) is 0 Å². The van der Waals surface area contributed by atoms with E-state index >= 15 is 0 Å². The Kier molecular flexibility index (Phi) is 1.27. The van der Waals surface area contributed by atoms with Crippen molar-refractivity contribution in [2.45, 2.75) is 13.3 Å². The molecule has 0 saturated heterocycles. The van der Waals surface area contributed by atoms with Crippen LogP contribution >= 0.6 is 0 Å². The maximum atomic E-state index is 10.5. The molecule has 1 N–H and O–H groups in total. The van der Waals surface area contributed by atoms with Crippen LogP contribution in [0.3, 0.4) is 0 Å². The summed E-state index contributed by atoms with van der Waals surface area (Å²) in [7, 11) is 0. The van der Waals surface area contributed by atoms with Gasteiger partial charge >= 0.3 is 5.97 Å². The smallest absolute Gasteiger partial charge is 0.307 e. The highest BCUT2D eigenvalue weighted by Crippen LogP contribution is 2.29. The van der Waals surface area contributed by atoms with Gasteiger partial charge in [0.1, 0.15) is 5.78 Å². The fraction of sp³-hybridized carbons (Fsp3) is 0.667. The average molecular weight is 128 g/mol. The van der Waals surface area contributed by atoms with Crippen LogP contribution in [0.4, 0.5) is 0 Å². The van der Waals surface area contributed by atoms with Crippen LogP contribution in [0.1, 0.15) is 13.3 Å². The number of ketones is 1. The maximum Gasteiger partial charge on any atom is 0.307 e. The van der Waals surface area contributed by atoms with Gasteiger partial charge in [-0.1, -0.05) is 6.92 Å². The molecular weight excluding hydrogens is 120 g/mol. The summed E-state index contributed by atoms with van der Waals surface area (Å²) in [5.74, 6) is -1.43. The monoisotopic (exact) mass is 128 g/mol. The molecule has 0 amide bonds. The van der Waals surface area contributed by atoms with E-state index in [4.69, 9.17) is 5.11 Å². The van der Waals surface area contributed by atoms with Crippen LogP contribution in [0.2, 0.25) is 0 Å². The van der Waals surface area contributed by atoms with Gasteiger partial charge in [0.25, 0.3) is 0 Å². The molecule has 0 aliphatic heterocycles. The first-order valence-electron chi connectivity index (χ1n) is 2.88. The number of carboxylic acid groups (broad SMARTS) is 1. The first-order chi connectivity index (χ1) is 4.13. The number of carbonyl (C=O) groups excluding carboxylic acids is 1. The van der Waals surface area contributed by atoms with Crippen LogP contribution in [0.5, 0.6) is 0 Å². The van der Waals surface area contributed by atoms with Crippen molar-refractivity contribution in [2.24, 2.45) is 11.8 Å². The third-order valence-electron chi connectivity index (χ3n) is 1.85. The molecule has 0 aromatic carbocycles. The molecule has 0 aromatic heterocycles. The molecule has 50 valence electrons. The summed E-state index contributed by atoms with van der Waals surface area (Å²) in [6.45, 7) is 1.66. The summed E-state index contributed by atoms with van der Waals surface area (Å²) in [6, 6.07) is 0. The molecule has 0 aromatic rings. The highest BCUT2D eigenvalue weighted by molar-refractivity contribution is 5.95. The number of hydrogen-bond donors (Lipinski definition) is 1. The van der Waals surface area contributed by atoms with Crippen molar-refractivity contribution in [1.29, 1.82) is 0 Å². The molecule has 1 aliphatic carbocycles. The zero-order valence-electron chi connectivity index (χ0n) is 5.13. The fourth-order valence-electron chi connectivity index (χ4n) is 0.944. The molecule has 3 nitrogen and oxygen atoms in total. The van der Waals surface area contributed by atoms with Gasteiger partial charge < -0.3 is 5.11 Å². The minimum Gasteiger partial charge on any atom is -0.481 e. The Labute approximate surface area is 52.7 Å². The summed E-state index contributed by atoms with van der Waals surface area (Å²) < 4.78 is 0. The van der Waals surface area contributed by atoms with Crippen molar-refractivity contribution in [3.05, 3.63) is 0 Å². The second-order valence-electron chi connectivity index (χ2n) is 2.40. The Hall–Kier alpha value is -0.860. The third-order valence-corrected chi connectivity index (χ3v) is 1.85. The van der Waals surface area contributed by atoms with Gasteiger partial charge in [-0.2, -0.15) is 0 Å². The molecule has 3 heteroatoms. The van der Waals surface area contributed by atoms with Crippen molar-refractivity contribution < 1.29 is 14.7 Å². The van der Waals surface area contributed by atoms with E-state index < -0.39 is 11.9 Å². The van der Waals surface area contributed by atoms with Crippen LogP contribution in [0.15, 0.2) is 0 Å². The Balaban J connectivity index is 2.51. The Morgan fingerprint density at radius 2 is 2.33 bits per heavy atom. The van der Waals surface area contributed by atoms with Crippen molar-refractivity contribution in [3.8, 4) is 0 Å². The molecule has 0 spiro atoms. The number of hydrogen-bond acceptors (Lipinski definition) is 2. The number of rotatable bonds is 1. The van der Waals surface area contributed by atoms with E-state index in [0.29, 0.717) is 0 Å². The number of aliphatic carboxylic acids is 1. The number of Topliss-reactive ketones (excluding diaryl/α,β-unsaturated/α-hetero) is 1. The Morgan fingerprint density at radius 3 is 2.44 bits per heavy atom. The third kappa shape index (κ3) is 0.823. The van der Waals surface area contributed by atoms with Crippen molar-refractivity contribution >= 4 is 11.8 Å². The topological polar surface area (TPSA) is 54.4 Å². The highest BCUT2D eigenvalue weighted by Gasteiger charge is 2.40. The summed E-state index contributed by atoms with van der Waals surface area (Å²) in [5, 5.41) is 8.37. The molecule has 2 atom stereocenters. The van der Waals surface area contributed by atoms with E-state index in [2.05, 4.69) is 0 Å². The average Bonchev–Trinajstić information content (AvgIpc) is 1.81. The molecular formula is C6H8O3. The molecule has 2 unspecified atom stereocenters. The number of carbonyl (C=O) groups is 2. The van der Waals surface area contributed by atoms with Crippen molar-refractivity contribution in [3.63, 3.8) is 0 Å². The van der Waals surface area contributed by atoms with E-state index in [1.807, 2.05) is 0 Å². The van der Waals surface area contributed by atoms with Crippen molar-refractivity contribution in [2.75, 3.05) is 0 Å². The van der Waals surface area contributed by atoms with E-state index in [9.17, 15) is 9.59 Å². The first-order valence-corrected chi connectivity index (χ1v) is 2.88. The summed E-state index contributed by atoms with van der Waals surface area (Å²) in [4.78, 5) is 20.7. The predicted molar refractivity (Wildman–Crippen MR) is 29.9 cm³/mol. The van der Waals surface area contributed by atoms with Gasteiger partial charge in [-0.25, -0.2) is 0 Å². The Bertz CT molecular complexity index is 162. The Morgan fingerprint density at radius 1 is 1.78 bits per heavy atom.